The van der Waals surface area contributed by atoms with Gasteiger partial charge in [-0.15, -0.1) is 5.10 Å². The fourth-order valence-electron chi connectivity index (χ4n) is 1.74. The lowest BCUT2D eigenvalue weighted by atomic mass is 10.4. The van der Waals surface area contributed by atoms with Crippen molar-refractivity contribution in [2.24, 2.45) is 5.73 Å². The second-order valence-electron chi connectivity index (χ2n) is 4.59. The van der Waals surface area contributed by atoms with Crippen molar-refractivity contribution in [1.82, 2.24) is 24.9 Å². The minimum absolute atomic E-state index is 0.236. The van der Waals surface area contributed by atoms with Gasteiger partial charge in [-0.2, -0.15) is 4.98 Å². The van der Waals surface area contributed by atoms with E-state index in [0.717, 1.165) is 11.4 Å². The van der Waals surface area contributed by atoms with Crippen LogP contribution in [-0.2, 0) is 9.53 Å². The summed E-state index contributed by atoms with van der Waals surface area (Å²) in [6.07, 6.45) is -1.22. The van der Waals surface area contributed by atoms with Crippen LogP contribution in [0, 0.1) is 13.8 Å². The average Bonchev–Trinajstić information content (AvgIpc) is 2.81. The molecule has 0 saturated carbocycles. The zero-order valence-electron chi connectivity index (χ0n) is 12.2. The number of nitrogens with two attached hydrogens (primary N) is 1. The zero-order chi connectivity index (χ0) is 16.4. The molecule has 10 heteroatoms. The summed E-state index contributed by atoms with van der Waals surface area (Å²) in [7, 11) is 0. The molecule has 0 fully saturated rings. The third-order valence-corrected chi connectivity index (χ3v) is 2.70. The van der Waals surface area contributed by atoms with Crippen LogP contribution in [0.3, 0.4) is 0 Å². The summed E-state index contributed by atoms with van der Waals surface area (Å²) in [4.78, 5) is 42.0. The highest BCUT2D eigenvalue weighted by molar-refractivity contribution is 5.97. The lowest BCUT2D eigenvalue weighted by Crippen LogP contribution is -2.42. The summed E-state index contributed by atoms with van der Waals surface area (Å²) in [5.41, 5.74) is 6.28. The average molecular weight is 306 g/mol. The van der Waals surface area contributed by atoms with Gasteiger partial charge in [-0.05, 0) is 26.8 Å². The minimum Gasteiger partial charge on any atom is -0.447 e. The van der Waals surface area contributed by atoms with E-state index in [1.54, 1.807) is 25.2 Å². The monoisotopic (exact) mass is 306 g/mol. The Hall–Kier alpha value is -3.04. The number of aromatic nitrogens is 4. The predicted molar refractivity (Wildman–Crippen MR) is 72.9 cm³/mol. The Kier molecular flexibility index (Phi) is 4.02. The van der Waals surface area contributed by atoms with E-state index in [2.05, 4.69) is 15.1 Å². The van der Waals surface area contributed by atoms with E-state index >= 15 is 0 Å². The zero-order valence-corrected chi connectivity index (χ0v) is 12.2. The fraction of sp³-hybridized carbons (Fsp3) is 0.333. The molecule has 0 aliphatic heterocycles. The number of ether oxygens (including phenoxy) is 1. The first-order chi connectivity index (χ1) is 10.3. The van der Waals surface area contributed by atoms with Gasteiger partial charge in [0.2, 0.25) is 0 Å². The molecule has 3 N–H and O–H groups in total. The number of fused-ring (bicyclic) bond motifs is 1. The van der Waals surface area contributed by atoms with Gasteiger partial charge in [0.15, 0.2) is 6.10 Å². The smallest absolute Gasteiger partial charge is 0.379 e. The van der Waals surface area contributed by atoms with Crippen molar-refractivity contribution in [2.45, 2.75) is 26.9 Å². The topological polar surface area (TPSA) is 142 Å². The number of amides is 3. The number of carbonyl (C=O) groups excluding carboxylic acids is 3. The molecule has 116 valence electrons. The molecule has 0 saturated heterocycles. The number of nitrogens with one attached hydrogen (secondary N) is 1. The number of primary amides is 1. The van der Waals surface area contributed by atoms with Gasteiger partial charge in [0.25, 0.3) is 17.5 Å². The summed E-state index contributed by atoms with van der Waals surface area (Å²) in [5.74, 6) is -1.73. The lowest BCUT2D eigenvalue weighted by molar-refractivity contribution is -0.127. The van der Waals surface area contributed by atoms with Crippen LogP contribution < -0.4 is 11.1 Å². The number of aryl methyl sites for hydroxylation is 2. The number of hydrogen-bond donors (Lipinski definition) is 2. The SMILES string of the molecule is Cc1cc(C)n2nc(C(=O)O[C@H](C)C(=O)NC(N)=O)nc2n1. The van der Waals surface area contributed by atoms with Crippen LogP contribution in [0.25, 0.3) is 5.78 Å². The molecule has 0 aliphatic carbocycles. The Morgan fingerprint density at radius 3 is 2.64 bits per heavy atom. The quantitative estimate of drug-likeness (QED) is 0.726. The van der Waals surface area contributed by atoms with Crippen LogP contribution >= 0.6 is 0 Å². The summed E-state index contributed by atoms with van der Waals surface area (Å²) in [6.45, 7) is 4.87. The molecule has 0 aromatic carbocycles. The van der Waals surface area contributed by atoms with Crippen molar-refractivity contribution in [3.8, 4) is 0 Å². The number of nitrogens with zero attached hydrogens (tertiary/aromatic N) is 4. The van der Waals surface area contributed by atoms with E-state index in [1.807, 2.05) is 0 Å². The lowest BCUT2D eigenvalue weighted by Gasteiger charge is -2.10. The number of rotatable bonds is 3. The van der Waals surface area contributed by atoms with Crippen LogP contribution in [0.15, 0.2) is 6.07 Å². The van der Waals surface area contributed by atoms with Crippen LogP contribution in [-0.4, -0.2) is 43.6 Å². The Labute approximate surface area is 124 Å². The molecular weight excluding hydrogens is 292 g/mol. The van der Waals surface area contributed by atoms with Crippen LogP contribution in [0.2, 0.25) is 0 Å². The van der Waals surface area contributed by atoms with Crippen molar-refractivity contribution < 1.29 is 19.1 Å². The minimum atomic E-state index is -1.22. The maximum absolute atomic E-state index is 11.9. The molecule has 3 amide bonds. The summed E-state index contributed by atoms with van der Waals surface area (Å²) in [6, 6.07) is 0.744. The second kappa shape index (κ2) is 5.76. The maximum Gasteiger partial charge on any atom is 0.379 e. The normalized spacial score (nSPS) is 12.0. The fourth-order valence-corrected chi connectivity index (χ4v) is 1.74. The highest BCUT2D eigenvalue weighted by Crippen LogP contribution is 2.07. The highest BCUT2D eigenvalue weighted by atomic mass is 16.5. The van der Waals surface area contributed by atoms with Crippen LogP contribution in [0.5, 0.6) is 0 Å². The first-order valence-electron chi connectivity index (χ1n) is 6.30. The molecule has 1 atom stereocenters. The molecule has 0 aliphatic rings. The van der Waals surface area contributed by atoms with Gasteiger partial charge in [0.1, 0.15) is 0 Å². The first kappa shape index (κ1) is 15.4. The van der Waals surface area contributed by atoms with Crippen molar-refractivity contribution in [2.75, 3.05) is 0 Å². The van der Waals surface area contributed by atoms with E-state index in [4.69, 9.17) is 10.5 Å². The summed E-state index contributed by atoms with van der Waals surface area (Å²) in [5, 5.41) is 5.78. The molecule has 2 aromatic heterocycles. The number of esters is 1. The number of hydrogen-bond acceptors (Lipinski definition) is 7. The Morgan fingerprint density at radius 2 is 2.00 bits per heavy atom. The van der Waals surface area contributed by atoms with Gasteiger partial charge in [-0.25, -0.2) is 19.1 Å². The van der Waals surface area contributed by atoms with Crippen molar-refractivity contribution in [1.29, 1.82) is 0 Å². The molecule has 0 radical (unpaired) electrons. The summed E-state index contributed by atoms with van der Waals surface area (Å²) < 4.78 is 6.26. The largest absolute Gasteiger partial charge is 0.447 e. The van der Waals surface area contributed by atoms with Gasteiger partial charge >= 0.3 is 12.0 Å². The van der Waals surface area contributed by atoms with E-state index in [9.17, 15) is 14.4 Å². The van der Waals surface area contributed by atoms with Crippen LogP contribution in [0.1, 0.15) is 28.9 Å². The number of carbonyl (C=O) groups is 3. The summed E-state index contributed by atoms with van der Waals surface area (Å²) >= 11 is 0. The van der Waals surface area contributed by atoms with Crippen molar-refractivity contribution >= 4 is 23.7 Å². The van der Waals surface area contributed by atoms with Crippen molar-refractivity contribution in [3.05, 3.63) is 23.3 Å². The van der Waals surface area contributed by atoms with Gasteiger partial charge in [-0.1, -0.05) is 0 Å². The molecule has 0 spiro atoms. The standard InChI is InChI=1S/C12H14N6O4/c1-5-4-6(2)18-12(14-5)15-8(17-18)10(20)22-7(3)9(19)16-11(13)21/h4,7H,1-3H3,(H3,13,16,19,21)/t7-/m1/s1. The number of imide groups is 1. The third kappa shape index (κ3) is 3.16. The van der Waals surface area contributed by atoms with Crippen molar-refractivity contribution in [3.63, 3.8) is 0 Å². The van der Waals surface area contributed by atoms with E-state index in [0.29, 0.717) is 0 Å². The Balaban J connectivity index is 2.18. The van der Waals surface area contributed by atoms with Gasteiger partial charge in [-0.3, -0.25) is 10.1 Å². The first-order valence-corrected chi connectivity index (χ1v) is 6.30. The van der Waals surface area contributed by atoms with E-state index in [-0.39, 0.29) is 11.6 Å². The van der Waals surface area contributed by atoms with E-state index in [1.165, 1.54) is 11.4 Å². The molecule has 0 bridgehead atoms. The Bertz CT molecular complexity index is 768. The molecule has 2 aromatic rings. The molecule has 2 rings (SSSR count). The third-order valence-electron chi connectivity index (χ3n) is 2.70. The van der Waals surface area contributed by atoms with Gasteiger partial charge in [0, 0.05) is 11.4 Å². The number of urea groups is 1. The second-order valence-corrected chi connectivity index (χ2v) is 4.59. The van der Waals surface area contributed by atoms with Gasteiger partial charge < -0.3 is 10.5 Å². The maximum atomic E-state index is 11.9. The Morgan fingerprint density at radius 1 is 1.32 bits per heavy atom. The predicted octanol–water partition coefficient (Wildman–Crippen LogP) is -0.519. The van der Waals surface area contributed by atoms with Crippen LogP contribution in [0.4, 0.5) is 4.79 Å². The van der Waals surface area contributed by atoms with Gasteiger partial charge in [0.05, 0.1) is 0 Å². The molecule has 0 unspecified atom stereocenters. The molecule has 10 nitrogen and oxygen atoms in total. The molecule has 22 heavy (non-hydrogen) atoms. The highest BCUT2D eigenvalue weighted by Gasteiger charge is 2.23. The van der Waals surface area contributed by atoms with E-state index < -0.39 is 24.0 Å². The molecular formula is C12H14N6O4. The molecule has 2 heterocycles.